The molecule has 21 heavy (non-hydrogen) atoms. The highest BCUT2D eigenvalue weighted by atomic mass is 32.2. The van der Waals surface area contributed by atoms with Crippen molar-refractivity contribution in [2.24, 2.45) is 9.04 Å². The van der Waals surface area contributed by atoms with Crippen LogP contribution in [0.25, 0.3) is 32.0 Å². The summed E-state index contributed by atoms with van der Waals surface area (Å²) in [5.74, 6) is 0. The molecule has 0 aliphatic heterocycles. The summed E-state index contributed by atoms with van der Waals surface area (Å²) in [4.78, 5) is 3.80. The van der Waals surface area contributed by atoms with Crippen LogP contribution in [0.1, 0.15) is 0 Å². The molecule has 0 fully saturated rings. The van der Waals surface area contributed by atoms with Crippen molar-refractivity contribution in [1.82, 2.24) is 0 Å². The van der Waals surface area contributed by atoms with E-state index in [1.165, 1.54) is 11.1 Å². The number of azide groups is 1. The molecule has 0 saturated heterocycles. The van der Waals surface area contributed by atoms with Gasteiger partial charge in [-0.2, -0.15) is 0 Å². The van der Waals surface area contributed by atoms with E-state index < -0.39 is 10.2 Å². The van der Waals surface area contributed by atoms with Gasteiger partial charge in [0.2, 0.25) is 0 Å². The second-order valence-electron chi connectivity index (χ2n) is 3.52. The van der Waals surface area contributed by atoms with Crippen molar-refractivity contribution in [3.8, 4) is 11.1 Å². The van der Waals surface area contributed by atoms with Gasteiger partial charge in [-0.3, -0.25) is 0 Å². The predicted molar refractivity (Wildman–Crippen MR) is 79.1 cm³/mol. The number of rotatable bonds is 3. The maximum atomic E-state index is 9.99. The molecule has 0 amide bonds. The van der Waals surface area contributed by atoms with Gasteiger partial charge < -0.3 is 0 Å². The molecule has 2 rings (SSSR count). The minimum absolute atomic E-state index is 1.28. The molecule has 2 aromatic carbocycles. The second-order valence-corrected chi connectivity index (χ2v) is 4.74. The molecule has 0 aliphatic rings. The Morgan fingerprint density at radius 2 is 1.05 bits per heavy atom. The van der Waals surface area contributed by atoms with E-state index >= 15 is 0 Å². The molecule has 0 saturated carbocycles. The molecule has 0 unspecified atom stereocenters. The van der Waals surface area contributed by atoms with Crippen LogP contribution in [0.4, 0.5) is 0 Å². The average molecular weight is 302 g/mol. The van der Waals surface area contributed by atoms with Crippen molar-refractivity contribution in [2.75, 3.05) is 0 Å². The van der Waals surface area contributed by atoms with Gasteiger partial charge >= 0.3 is 10.2 Å². The maximum Gasteiger partial charge on any atom is 0.321 e. The van der Waals surface area contributed by atoms with Gasteiger partial charge in [-0.15, -0.1) is 0 Å². The van der Waals surface area contributed by atoms with E-state index in [0.29, 0.717) is 0 Å². The molecule has 0 atom stereocenters. The van der Waals surface area contributed by atoms with Gasteiger partial charge in [0.25, 0.3) is 0 Å². The van der Waals surface area contributed by atoms with E-state index in [-0.39, 0.29) is 0 Å². The summed E-state index contributed by atoms with van der Waals surface area (Å²) in [6.07, 6.45) is 0. The Labute approximate surface area is 121 Å². The largest absolute Gasteiger partial charge is 0.321 e. The third-order valence-electron chi connectivity index (χ3n) is 2.16. The fourth-order valence-corrected chi connectivity index (χ4v) is 1.59. The van der Waals surface area contributed by atoms with Crippen LogP contribution in [0, 0.1) is 0 Å². The quantitative estimate of drug-likeness (QED) is 0.477. The topological polar surface area (TPSA) is 132 Å². The summed E-state index contributed by atoms with van der Waals surface area (Å²) < 4.78 is 24.3. The van der Waals surface area contributed by atoms with Gasteiger partial charge in [0.1, 0.15) is 0 Å². The average Bonchev–Trinajstić information content (AvgIpc) is 2.49. The summed E-state index contributed by atoms with van der Waals surface area (Å²) in [6, 6.07) is 20.8. The third-order valence-corrected chi connectivity index (χ3v) is 2.72. The van der Waals surface area contributed by atoms with Crippen molar-refractivity contribution in [2.45, 2.75) is 0 Å². The van der Waals surface area contributed by atoms with Crippen molar-refractivity contribution in [3.63, 3.8) is 0 Å². The Balaban J connectivity index is 0.000000222. The van der Waals surface area contributed by atoms with E-state index in [1.807, 2.05) is 22.0 Å². The van der Waals surface area contributed by atoms with Crippen LogP contribution in [-0.4, -0.2) is 8.42 Å². The fourth-order valence-electron chi connectivity index (χ4n) is 1.37. The molecule has 0 spiro atoms. The number of hydrogen-bond donors (Lipinski definition) is 0. The van der Waals surface area contributed by atoms with Crippen LogP contribution >= 0.6 is 0 Å². The first-order chi connectivity index (χ1) is 10.1. The Morgan fingerprint density at radius 1 is 0.714 bits per heavy atom. The van der Waals surface area contributed by atoms with Gasteiger partial charge in [0.15, 0.2) is 0 Å². The third kappa shape index (κ3) is 6.13. The van der Waals surface area contributed by atoms with Crippen LogP contribution in [0.5, 0.6) is 0 Å². The lowest BCUT2D eigenvalue weighted by molar-refractivity contribution is 0.599. The van der Waals surface area contributed by atoms with E-state index in [1.54, 1.807) is 0 Å². The number of benzene rings is 2. The fraction of sp³-hybridized carbons (Fsp3) is 0. The summed E-state index contributed by atoms with van der Waals surface area (Å²) >= 11 is 0. The van der Waals surface area contributed by atoms with Gasteiger partial charge in [-0.05, 0) is 22.2 Å². The lowest BCUT2D eigenvalue weighted by atomic mass is 10.1. The van der Waals surface area contributed by atoms with Crippen LogP contribution in [0.15, 0.2) is 69.7 Å². The SMILES string of the molecule is [N-]=[N+]=NS(=O)(=O)N=[N+]=[N-].c1ccc(-c2ccccc2)cc1. The first kappa shape index (κ1) is 16.1. The molecule has 0 bridgehead atoms. The Morgan fingerprint density at radius 3 is 1.33 bits per heavy atom. The minimum Gasteiger partial charge on any atom is -0.213 e. The zero-order valence-corrected chi connectivity index (χ0v) is 11.5. The van der Waals surface area contributed by atoms with Crippen molar-refractivity contribution in [1.29, 1.82) is 0 Å². The Kier molecular flexibility index (Phi) is 6.30. The highest BCUT2D eigenvalue weighted by Gasteiger charge is 1.99. The molecule has 0 aromatic heterocycles. The number of hydrogen-bond acceptors (Lipinski definition) is 2. The summed E-state index contributed by atoms with van der Waals surface area (Å²) in [5.41, 5.74) is 17.6. The lowest BCUT2D eigenvalue weighted by Gasteiger charge is -1.98. The Bertz CT molecular complexity index is 702. The highest BCUT2D eigenvalue weighted by molar-refractivity contribution is 7.88. The molecule has 0 radical (unpaired) electrons. The van der Waals surface area contributed by atoms with E-state index in [9.17, 15) is 8.42 Å². The van der Waals surface area contributed by atoms with Crippen LogP contribution in [0.3, 0.4) is 0 Å². The standard InChI is InChI=1S/C12H10.N6O2S/c1-3-7-11(8-4-1)12-9-5-2-6-10-12;1-3-5-9(7,8)6-4-2/h1-10H;. The molecular formula is C12H10N6O2S. The smallest absolute Gasteiger partial charge is 0.213 e. The van der Waals surface area contributed by atoms with Gasteiger partial charge in [0, 0.05) is 18.9 Å². The maximum absolute atomic E-state index is 9.99. The first-order valence-electron chi connectivity index (χ1n) is 5.57. The van der Waals surface area contributed by atoms with Gasteiger partial charge in [-0.1, -0.05) is 60.7 Å². The van der Waals surface area contributed by atoms with Crippen LogP contribution in [0.2, 0.25) is 0 Å². The van der Waals surface area contributed by atoms with Gasteiger partial charge in [-0.25, -0.2) is 8.42 Å². The summed E-state index contributed by atoms with van der Waals surface area (Å²) in [5, 5.41) is 0. The molecule has 0 aliphatic carbocycles. The monoisotopic (exact) mass is 302 g/mol. The van der Waals surface area contributed by atoms with E-state index in [4.69, 9.17) is 11.1 Å². The molecular weight excluding hydrogens is 292 g/mol. The van der Waals surface area contributed by atoms with Crippen molar-refractivity contribution in [3.05, 3.63) is 81.5 Å². The second kappa shape index (κ2) is 8.23. The van der Waals surface area contributed by atoms with Crippen molar-refractivity contribution >= 4 is 10.2 Å². The predicted octanol–water partition coefficient (Wildman–Crippen LogP) is 4.21. The van der Waals surface area contributed by atoms with Crippen LogP contribution < -0.4 is 0 Å². The highest BCUT2D eigenvalue weighted by Crippen LogP contribution is 2.17. The van der Waals surface area contributed by atoms with Gasteiger partial charge in [0.05, 0.1) is 0 Å². The van der Waals surface area contributed by atoms with E-state index in [0.717, 1.165) is 0 Å². The summed E-state index contributed by atoms with van der Waals surface area (Å²) in [6.45, 7) is 0. The minimum atomic E-state index is -4.27. The zero-order valence-electron chi connectivity index (χ0n) is 10.7. The zero-order chi connectivity index (χ0) is 15.6. The molecule has 9 heteroatoms. The normalized spacial score (nSPS) is 9.33. The first-order valence-corrected chi connectivity index (χ1v) is 6.97. The Hall–Kier alpha value is -2.99. The summed E-state index contributed by atoms with van der Waals surface area (Å²) in [7, 11) is -4.27. The number of nitrogens with zero attached hydrogens (tertiary/aromatic N) is 6. The molecule has 106 valence electrons. The molecule has 8 nitrogen and oxygen atoms in total. The molecule has 0 N–H and O–H groups in total. The van der Waals surface area contributed by atoms with E-state index in [2.05, 4.69) is 57.6 Å². The van der Waals surface area contributed by atoms with Crippen molar-refractivity contribution < 1.29 is 8.42 Å². The molecule has 0 heterocycles. The lowest BCUT2D eigenvalue weighted by Crippen LogP contribution is -1.82. The molecule has 2 aromatic rings. The van der Waals surface area contributed by atoms with Crippen LogP contribution in [-0.2, 0) is 10.2 Å².